The first-order valence-corrected chi connectivity index (χ1v) is 4.99. The van der Waals surface area contributed by atoms with Gasteiger partial charge in [-0.05, 0) is 18.2 Å². The highest BCUT2D eigenvalue weighted by Crippen LogP contribution is 2.28. The third-order valence-electron chi connectivity index (χ3n) is 2.31. The van der Waals surface area contributed by atoms with Crippen LogP contribution in [-0.4, -0.2) is 17.1 Å². The minimum absolute atomic E-state index is 0.241. The molecule has 86 valence electrons. The second-order valence-corrected chi connectivity index (χ2v) is 3.44. The van der Waals surface area contributed by atoms with E-state index in [2.05, 4.69) is 9.97 Å². The lowest BCUT2D eigenvalue weighted by Gasteiger charge is -2.05. The Bertz CT molecular complexity index is 571. The summed E-state index contributed by atoms with van der Waals surface area (Å²) < 4.78 is 18.3. The van der Waals surface area contributed by atoms with Crippen LogP contribution in [0.4, 0.5) is 4.39 Å². The van der Waals surface area contributed by atoms with Gasteiger partial charge in [0.05, 0.1) is 25.2 Å². The van der Waals surface area contributed by atoms with Crippen LogP contribution in [-0.2, 0) is 6.42 Å². The lowest BCUT2D eigenvalue weighted by atomic mass is 10.2. The van der Waals surface area contributed by atoms with E-state index in [1.807, 2.05) is 6.07 Å². The molecule has 0 aliphatic rings. The van der Waals surface area contributed by atoms with Crippen molar-refractivity contribution in [3.8, 4) is 23.2 Å². The Balaban J connectivity index is 2.44. The average molecular weight is 231 g/mol. The van der Waals surface area contributed by atoms with Gasteiger partial charge in [-0.1, -0.05) is 0 Å². The van der Waals surface area contributed by atoms with E-state index in [0.717, 1.165) is 0 Å². The van der Waals surface area contributed by atoms with Crippen LogP contribution in [0.5, 0.6) is 5.75 Å². The lowest BCUT2D eigenvalue weighted by Crippen LogP contribution is -1.91. The Morgan fingerprint density at radius 2 is 2.35 bits per heavy atom. The maximum Gasteiger partial charge on any atom is 0.141 e. The minimum Gasteiger partial charge on any atom is -0.496 e. The van der Waals surface area contributed by atoms with Crippen LogP contribution in [0.25, 0.3) is 11.4 Å². The largest absolute Gasteiger partial charge is 0.496 e. The first-order chi connectivity index (χ1) is 8.24. The lowest BCUT2D eigenvalue weighted by molar-refractivity contribution is 0.415. The molecule has 2 rings (SSSR count). The van der Waals surface area contributed by atoms with Gasteiger partial charge in [0.1, 0.15) is 17.4 Å². The van der Waals surface area contributed by atoms with Gasteiger partial charge in [0.2, 0.25) is 0 Å². The summed E-state index contributed by atoms with van der Waals surface area (Å²) in [4.78, 5) is 7.05. The summed E-state index contributed by atoms with van der Waals surface area (Å²) in [6.45, 7) is 0. The standard InChI is InChI=1S/C12H10FN3O/c1-17-11-3-2-8(13)6-10(11)12-15-7-9(16-12)4-5-14/h2-3,6-7H,4H2,1H3,(H,15,16). The van der Waals surface area contributed by atoms with E-state index in [0.29, 0.717) is 22.8 Å². The number of hydrogen-bond acceptors (Lipinski definition) is 3. The van der Waals surface area contributed by atoms with Gasteiger partial charge in [0.25, 0.3) is 0 Å². The van der Waals surface area contributed by atoms with Gasteiger partial charge >= 0.3 is 0 Å². The second-order valence-electron chi connectivity index (χ2n) is 3.44. The van der Waals surface area contributed by atoms with Crippen LogP contribution in [0, 0.1) is 17.1 Å². The summed E-state index contributed by atoms with van der Waals surface area (Å²) in [5.41, 5.74) is 1.23. The monoisotopic (exact) mass is 231 g/mol. The van der Waals surface area contributed by atoms with Crippen molar-refractivity contribution < 1.29 is 9.13 Å². The Morgan fingerprint density at radius 1 is 1.53 bits per heavy atom. The highest BCUT2D eigenvalue weighted by Gasteiger charge is 2.10. The summed E-state index contributed by atoms with van der Waals surface area (Å²) in [5.74, 6) is 0.662. The van der Waals surface area contributed by atoms with Crippen LogP contribution < -0.4 is 4.74 Å². The molecule has 0 aliphatic carbocycles. The molecule has 0 saturated heterocycles. The molecule has 1 aromatic heterocycles. The zero-order valence-electron chi connectivity index (χ0n) is 9.20. The zero-order valence-corrected chi connectivity index (χ0v) is 9.20. The molecule has 0 unspecified atom stereocenters. The quantitative estimate of drug-likeness (QED) is 0.881. The molecule has 2 aromatic rings. The normalized spacial score (nSPS) is 9.94. The first-order valence-electron chi connectivity index (χ1n) is 4.99. The van der Waals surface area contributed by atoms with E-state index in [1.165, 1.54) is 25.3 Å². The van der Waals surface area contributed by atoms with Gasteiger partial charge in [0, 0.05) is 11.9 Å². The fourth-order valence-corrected chi connectivity index (χ4v) is 1.54. The average Bonchev–Trinajstić information content (AvgIpc) is 2.78. The van der Waals surface area contributed by atoms with E-state index < -0.39 is 0 Å². The fourth-order valence-electron chi connectivity index (χ4n) is 1.54. The molecule has 0 atom stereocenters. The number of ether oxygens (including phenoxy) is 1. The molecule has 0 bridgehead atoms. The number of methoxy groups -OCH3 is 1. The van der Waals surface area contributed by atoms with Crippen LogP contribution >= 0.6 is 0 Å². The highest BCUT2D eigenvalue weighted by atomic mass is 19.1. The Morgan fingerprint density at radius 3 is 3.06 bits per heavy atom. The number of nitrogens with zero attached hydrogens (tertiary/aromatic N) is 2. The molecule has 1 aromatic carbocycles. The molecule has 0 radical (unpaired) electrons. The summed E-state index contributed by atoms with van der Waals surface area (Å²) in [6, 6.07) is 6.21. The maximum absolute atomic E-state index is 13.2. The van der Waals surface area contributed by atoms with Crippen molar-refractivity contribution in [2.24, 2.45) is 0 Å². The molecular formula is C12H10FN3O. The van der Waals surface area contributed by atoms with E-state index in [4.69, 9.17) is 10.00 Å². The summed E-state index contributed by atoms with van der Waals surface area (Å²) in [5, 5.41) is 8.56. The van der Waals surface area contributed by atoms with Crippen molar-refractivity contribution in [1.29, 1.82) is 5.26 Å². The second kappa shape index (κ2) is 4.66. The Kier molecular flexibility index (Phi) is 3.06. The van der Waals surface area contributed by atoms with Gasteiger partial charge in [-0.15, -0.1) is 0 Å². The maximum atomic E-state index is 13.2. The summed E-state index contributed by atoms with van der Waals surface area (Å²) in [6.07, 6.45) is 1.80. The summed E-state index contributed by atoms with van der Waals surface area (Å²) in [7, 11) is 1.51. The highest BCUT2D eigenvalue weighted by molar-refractivity contribution is 5.64. The molecule has 0 aliphatic heterocycles. The zero-order chi connectivity index (χ0) is 12.3. The fraction of sp³-hybridized carbons (Fsp3) is 0.167. The third kappa shape index (κ3) is 2.26. The number of imidazole rings is 1. The van der Waals surface area contributed by atoms with Crippen LogP contribution in [0.1, 0.15) is 5.69 Å². The molecule has 0 saturated carbocycles. The predicted molar refractivity (Wildman–Crippen MR) is 59.9 cm³/mol. The molecule has 0 fully saturated rings. The van der Waals surface area contributed by atoms with E-state index in [-0.39, 0.29) is 12.2 Å². The number of aromatic nitrogens is 2. The van der Waals surface area contributed by atoms with Gasteiger partial charge < -0.3 is 9.72 Å². The number of nitrogens with one attached hydrogen (secondary N) is 1. The van der Waals surface area contributed by atoms with E-state index in [1.54, 1.807) is 6.20 Å². The number of hydrogen-bond donors (Lipinski definition) is 1. The number of aromatic amines is 1. The molecule has 17 heavy (non-hydrogen) atoms. The van der Waals surface area contributed by atoms with Crippen LogP contribution in [0.15, 0.2) is 24.4 Å². The number of halogens is 1. The van der Waals surface area contributed by atoms with Gasteiger partial charge in [-0.25, -0.2) is 9.37 Å². The molecule has 0 amide bonds. The molecule has 5 heteroatoms. The van der Waals surface area contributed by atoms with Crippen molar-refractivity contribution >= 4 is 0 Å². The minimum atomic E-state index is -0.362. The van der Waals surface area contributed by atoms with Crippen molar-refractivity contribution in [2.75, 3.05) is 7.11 Å². The van der Waals surface area contributed by atoms with Gasteiger partial charge in [0.15, 0.2) is 0 Å². The number of nitriles is 1. The van der Waals surface area contributed by atoms with Crippen molar-refractivity contribution in [3.63, 3.8) is 0 Å². The smallest absolute Gasteiger partial charge is 0.141 e. The Labute approximate surface area is 97.7 Å². The van der Waals surface area contributed by atoms with E-state index in [9.17, 15) is 4.39 Å². The number of H-pyrrole nitrogens is 1. The van der Waals surface area contributed by atoms with Crippen molar-refractivity contribution in [2.45, 2.75) is 6.42 Å². The number of rotatable bonds is 3. The predicted octanol–water partition coefficient (Wildman–Crippen LogP) is 2.29. The molecule has 1 heterocycles. The Hall–Kier alpha value is -2.35. The molecule has 0 spiro atoms. The van der Waals surface area contributed by atoms with Crippen LogP contribution in [0.3, 0.4) is 0 Å². The van der Waals surface area contributed by atoms with Gasteiger partial charge in [-0.2, -0.15) is 5.26 Å². The topological polar surface area (TPSA) is 61.7 Å². The third-order valence-corrected chi connectivity index (χ3v) is 2.31. The first kappa shape index (κ1) is 11.1. The van der Waals surface area contributed by atoms with Crippen molar-refractivity contribution in [3.05, 3.63) is 35.9 Å². The molecule has 4 nitrogen and oxygen atoms in total. The molecule has 1 N–H and O–H groups in total. The molecular weight excluding hydrogens is 221 g/mol. The SMILES string of the molecule is COc1ccc(F)cc1-c1ncc(CC#N)[nH]1. The van der Waals surface area contributed by atoms with E-state index >= 15 is 0 Å². The van der Waals surface area contributed by atoms with Crippen LogP contribution in [0.2, 0.25) is 0 Å². The summed E-state index contributed by atoms with van der Waals surface area (Å²) >= 11 is 0. The number of benzene rings is 1. The van der Waals surface area contributed by atoms with Crippen molar-refractivity contribution in [1.82, 2.24) is 9.97 Å². The van der Waals surface area contributed by atoms with Gasteiger partial charge in [-0.3, -0.25) is 0 Å².